The molecule has 0 saturated carbocycles. The largest absolute Gasteiger partial charge is 0.494 e. The molecule has 0 radical (unpaired) electrons. The Bertz CT molecular complexity index is 914. The molecule has 1 unspecified atom stereocenters. The number of nitrogens with zero attached hydrogens (tertiary/aromatic N) is 2. The number of benzene rings is 2. The Hall–Kier alpha value is -2.77. The number of hydrogen-bond acceptors (Lipinski definition) is 7. The maximum Gasteiger partial charge on any atom is 0.185 e. The number of nitriles is 1. The van der Waals surface area contributed by atoms with Crippen LogP contribution in [0.3, 0.4) is 0 Å². The van der Waals surface area contributed by atoms with E-state index in [0.29, 0.717) is 11.3 Å². The fourth-order valence-corrected chi connectivity index (χ4v) is 3.15. The number of aliphatic hydroxyl groups is 1. The van der Waals surface area contributed by atoms with Crippen LogP contribution >= 0.6 is 0 Å². The second kappa shape index (κ2) is 9.82. The predicted octanol–water partition coefficient (Wildman–Crippen LogP) is 1.91. The zero-order valence-corrected chi connectivity index (χ0v) is 16.4. The van der Waals surface area contributed by atoms with Gasteiger partial charge >= 0.3 is 0 Å². The molecule has 1 aliphatic rings. The summed E-state index contributed by atoms with van der Waals surface area (Å²) in [6.07, 6.45) is -1.96. The van der Waals surface area contributed by atoms with E-state index in [2.05, 4.69) is 0 Å². The number of ether oxygens (including phenoxy) is 3. The van der Waals surface area contributed by atoms with Gasteiger partial charge in [0.15, 0.2) is 17.9 Å². The molecule has 30 heavy (non-hydrogen) atoms. The number of anilines is 1. The smallest absolute Gasteiger partial charge is 0.185 e. The first-order chi connectivity index (χ1) is 14.4. The molecule has 0 amide bonds. The minimum atomic E-state index is -1.07. The van der Waals surface area contributed by atoms with Crippen LogP contribution in [0.4, 0.5) is 14.5 Å². The zero-order chi connectivity index (χ0) is 21.7. The topological polar surface area (TPSA) is 101 Å². The van der Waals surface area contributed by atoms with E-state index < -0.39 is 24.0 Å². The lowest BCUT2D eigenvalue weighted by Gasteiger charge is -2.34. The van der Waals surface area contributed by atoms with Crippen LogP contribution in [-0.2, 0) is 16.0 Å². The van der Waals surface area contributed by atoms with Crippen LogP contribution < -0.4 is 15.4 Å². The molecule has 9 heteroatoms. The Morgan fingerprint density at radius 2 is 1.97 bits per heavy atom. The molecule has 1 heterocycles. The van der Waals surface area contributed by atoms with E-state index in [1.54, 1.807) is 23.1 Å². The van der Waals surface area contributed by atoms with Crippen LogP contribution in [0.15, 0.2) is 36.4 Å². The van der Waals surface area contributed by atoms with Gasteiger partial charge in [0, 0.05) is 18.8 Å². The first-order valence-corrected chi connectivity index (χ1v) is 9.35. The maximum absolute atomic E-state index is 14.2. The molecule has 3 N–H and O–H groups in total. The molecule has 0 aliphatic carbocycles. The fraction of sp³-hybridized carbons (Fsp3) is 0.381. The third-order valence-corrected chi connectivity index (χ3v) is 4.70. The Kier molecular flexibility index (Phi) is 7.18. The molecule has 1 fully saturated rings. The summed E-state index contributed by atoms with van der Waals surface area (Å²) in [7, 11) is 1.37. The highest BCUT2D eigenvalue weighted by Gasteiger charge is 2.28. The standard InChI is InChI=1S/C21H23F2N3O4/c1-28-20-5-2-13(6-18(20)23)9-26(16-4-3-14(8-24)17(22)7-16)10-19(27)21-29-11-15(25)12-30-21/h2-7,15,19,21,27H,9-12,25H2,1H3. The van der Waals surface area contributed by atoms with E-state index in [9.17, 15) is 13.9 Å². The van der Waals surface area contributed by atoms with Gasteiger partial charge in [0.2, 0.25) is 0 Å². The summed E-state index contributed by atoms with van der Waals surface area (Å²) in [5, 5.41) is 19.6. The van der Waals surface area contributed by atoms with Gasteiger partial charge in [-0.1, -0.05) is 6.07 Å². The van der Waals surface area contributed by atoms with Gasteiger partial charge in [-0.25, -0.2) is 8.78 Å². The molecule has 0 spiro atoms. The van der Waals surface area contributed by atoms with Crippen molar-refractivity contribution in [2.75, 3.05) is 31.8 Å². The molecule has 1 saturated heterocycles. The fourth-order valence-electron chi connectivity index (χ4n) is 3.15. The summed E-state index contributed by atoms with van der Waals surface area (Å²) in [6, 6.07) is 10.1. The van der Waals surface area contributed by atoms with Crippen molar-refractivity contribution in [2.24, 2.45) is 5.73 Å². The SMILES string of the molecule is COc1ccc(CN(CC(O)C2OCC(N)CO2)c2ccc(C#N)c(F)c2)cc1F. The van der Waals surface area contributed by atoms with Gasteiger partial charge in [0.1, 0.15) is 18.0 Å². The molecule has 1 atom stereocenters. The van der Waals surface area contributed by atoms with Gasteiger partial charge in [-0.05, 0) is 35.9 Å². The number of halogens is 2. The van der Waals surface area contributed by atoms with E-state index in [-0.39, 0.29) is 43.7 Å². The molecular weight excluding hydrogens is 396 g/mol. The van der Waals surface area contributed by atoms with Gasteiger partial charge < -0.3 is 30.0 Å². The third kappa shape index (κ3) is 5.23. The van der Waals surface area contributed by atoms with E-state index in [0.717, 1.165) is 0 Å². The molecule has 3 rings (SSSR count). The molecular formula is C21H23F2N3O4. The van der Waals surface area contributed by atoms with Gasteiger partial charge in [-0.3, -0.25) is 0 Å². The summed E-state index contributed by atoms with van der Waals surface area (Å²) in [6.45, 7) is 0.669. The first kappa shape index (κ1) is 21.9. The molecule has 0 aromatic heterocycles. The monoisotopic (exact) mass is 419 g/mol. The highest BCUT2D eigenvalue weighted by atomic mass is 19.1. The Morgan fingerprint density at radius 1 is 1.23 bits per heavy atom. The quantitative estimate of drug-likeness (QED) is 0.707. The Morgan fingerprint density at radius 3 is 2.57 bits per heavy atom. The summed E-state index contributed by atoms with van der Waals surface area (Å²) < 4.78 is 44.1. The van der Waals surface area contributed by atoms with Crippen molar-refractivity contribution in [3.05, 3.63) is 59.2 Å². The first-order valence-electron chi connectivity index (χ1n) is 9.35. The number of methoxy groups -OCH3 is 1. The minimum absolute atomic E-state index is 0.0128. The van der Waals surface area contributed by atoms with E-state index >= 15 is 0 Å². The normalized spacial score (nSPS) is 19.7. The summed E-state index contributed by atoms with van der Waals surface area (Å²) in [5.41, 5.74) is 6.62. The van der Waals surface area contributed by atoms with Gasteiger partial charge in [0.25, 0.3) is 0 Å². The van der Waals surface area contributed by atoms with Crippen LogP contribution in [-0.4, -0.2) is 50.4 Å². The second-order valence-corrected chi connectivity index (χ2v) is 6.99. The van der Waals surface area contributed by atoms with Crippen molar-refractivity contribution < 1.29 is 28.1 Å². The van der Waals surface area contributed by atoms with Gasteiger partial charge in [-0.2, -0.15) is 5.26 Å². The lowest BCUT2D eigenvalue weighted by atomic mass is 10.1. The summed E-state index contributed by atoms with van der Waals surface area (Å²) >= 11 is 0. The minimum Gasteiger partial charge on any atom is -0.494 e. The van der Waals surface area contributed by atoms with Crippen LogP contribution in [0.1, 0.15) is 11.1 Å². The molecule has 2 aromatic carbocycles. The van der Waals surface area contributed by atoms with Crippen molar-refractivity contribution in [1.29, 1.82) is 5.26 Å². The zero-order valence-electron chi connectivity index (χ0n) is 16.4. The van der Waals surface area contributed by atoms with Crippen LogP contribution in [0, 0.1) is 23.0 Å². The third-order valence-electron chi connectivity index (χ3n) is 4.70. The van der Waals surface area contributed by atoms with Crippen LogP contribution in [0.2, 0.25) is 0 Å². The van der Waals surface area contributed by atoms with E-state index in [1.165, 1.54) is 31.4 Å². The number of rotatable bonds is 7. The average molecular weight is 419 g/mol. The van der Waals surface area contributed by atoms with E-state index in [1.807, 2.05) is 0 Å². The maximum atomic E-state index is 14.2. The van der Waals surface area contributed by atoms with Crippen LogP contribution in [0.25, 0.3) is 0 Å². The molecule has 7 nitrogen and oxygen atoms in total. The number of aliphatic hydroxyl groups excluding tert-OH is 1. The van der Waals surface area contributed by atoms with Gasteiger partial charge in [0.05, 0.1) is 31.9 Å². The lowest BCUT2D eigenvalue weighted by molar-refractivity contribution is -0.225. The molecule has 1 aliphatic heterocycles. The highest BCUT2D eigenvalue weighted by Crippen LogP contribution is 2.24. The Labute approximate surface area is 173 Å². The van der Waals surface area contributed by atoms with Crippen molar-refractivity contribution in [3.8, 4) is 11.8 Å². The molecule has 0 bridgehead atoms. The molecule has 160 valence electrons. The summed E-state index contributed by atoms with van der Waals surface area (Å²) in [4.78, 5) is 1.65. The van der Waals surface area contributed by atoms with Crippen LogP contribution in [0.5, 0.6) is 5.75 Å². The highest BCUT2D eigenvalue weighted by molar-refractivity contribution is 5.51. The summed E-state index contributed by atoms with van der Waals surface area (Å²) in [5.74, 6) is -1.11. The lowest BCUT2D eigenvalue weighted by Crippen LogP contribution is -2.49. The Balaban J connectivity index is 1.83. The van der Waals surface area contributed by atoms with Crippen molar-refractivity contribution in [1.82, 2.24) is 0 Å². The van der Waals surface area contributed by atoms with Crippen molar-refractivity contribution in [3.63, 3.8) is 0 Å². The van der Waals surface area contributed by atoms with Crippen molar-refractivity contribution >= 4 is 5.69 Å². The van der Waals surface area contributed by atoms with E-state index in [4.69, 9.17) is 25.2 Å². The van der Waals surface area contributed by atoms with Gasteiger partial charge in [-0.15, -0.1) is 0 Å². The van der Waals surface area contributed by atoms with Crippen molar-refractivity contribution in [2.45, 2.75) is 25.0 Å². The average Bonchev–Trinajstić information content (AvgIpc) is 2.73. The number of hydrogen-bond donors (Lipinski definition) is 2. The second-order valence-electron chi connectivity index (χ2n) is 6.99. The number of nitrogens with two attached hydrogens (primary N) is 1. The predicted molar refractivity (Wildman–Crippen MR) is 105 cm³/mol. The molecule has 2 aromatic rings.